The molecule has 1 unspecified atom stereocenters. The van der Waals surface area contributed by atoms with Crippen LogP contribution in [0.3, 0.4) is 0 Å². The molecule has 0 saturated heterocycles. The van der Waals surface area contributed by atoms with Crippen LogP contribution in [0.1, 0.15) is 43.6 Å². The van der Waals surface area contributed by atoms with E-state index < -0.39 is 5.97 Å². The van der Waals surface area contributed by atoms with Crippen molar-refractivity contribution in [3.63, 3.8) is 0 Å². The van der Waals surface area contributed by atoms with Gasteiger partial charge in [-0.1, -0.05) is 13.8 Å². The number of aromatic nitrogens is 2. The molecule has 5 heteroatoms. The van der Waals surface area contributed by atoms with E-state index in [1.165, 1.54) is 12.1 Å². The summed E-state index contributed by atoms with van der Waals surface area (Å²) in [5, 5.41) is 8.95. The average Bonchev–Trinajstić information content (AvgIpc) is 2.62. The van der Waals surface area contributed by atoms with E-state index in [0.29, 0.717) is 11.4 Å². The smallest absolute Gasteiger partial charge is 0.335 e. The lowest BCUT2D eigenvalue weighted by molar-refractivity contribution is 0.0697. The number of carbonyl (C=O) groups is 1. The van der Waals surface area contributed by atoms with Gasteiger partial charge in [0.15, 0.2) is 0 Å². The monoisotopic (exact) mass is 262 g/mol. The topological polar surface area (TPSA) is 75.1 Å². The first-order chi connectivity index (χ1) is 8.90. The molecule has 0 aliphatic rings. The standard InChI is InChI=1S/C14H18N2O3/c1-8(2)6-9(3)16-12-5-4-10(13(17)18)7-11(12)15-14(16)19/h4-5,7-9H,6H2,1-3H3,(H,15,19)(H,17,18). The summed E-state index contributed by atoms with van der Waals surface area (Å²) in [6, 6.07) is 4.79. The number of aromatic amines is 1. The summed E-state index contributed by atoms with van der Waals surface area (Å²) in [6.07, 6.45) is 0.896. The van der Waals surface area contributed by atoms with E-state index in [1.807, 2.05) is 6.92 Å². The minimum absolute atomic E-state index is 0.0805. The summed E-state index contributed by atoms with van der Waals surface area (Å²) in [4.78, 5) is 25.6. The van der Waals surface area contributed by atoms with Crippen molar-refractivity contribution in [1.29, 1.82) is 0 Å². The number of imidazole rings is 1. The number of H-pyrrole nitrogens is 1. The number of aromatic carboxylic acids is 1. The number of hydrogen-bond acceptors (Lipinski definition) is 2. The quantitative estimate of drug-likeness (QED) is 0.889. The summed E-state index contributed by atoms with van der Waals surface area (Å²) in [5.74, 6) is -0.504. The second-order valence-corrected chi connectivity index (χ2v) is 5.32. The maximum atomic E-state index is 12.0. The van der Waals surface area contributed by atoms with Crippen molar-refractivity contribution in [2.45, 2.75) is 33.2 Å². The Morgan fingerprint density at radius 2 is 2.05 bits per heavy atom. The van der Waals surface area contributed by atoms with Gasteiger partial charge in [0.2, 0.25) is 0 Å². The molecule has 0 aliphatic carbocycles. The van der Waals surface area contributed by atoms with Gasteiger partial charge in [0, 0.05) is 6.04 Å². The minimum atomic E-state index is -0.995. The number of benzene rings is 1. The molecule has 1 heterocycles. The Balaban J connectivity index is 2.54. The predicted octanol–water partition coefficient (Wildman–Crippen LogP) is 2.63. The first-order valence-electron chi connectivity index (χ1n) is 6.37. The van der Waals surface area contributed by atoms with Crippen LogP contribution in [0.25, 0.3) is 11.0 Å². The molecule has 19 heavy (non-hydrogen) atoms. The van der Waals surface area contributed by atoms with E-state index in [-0.39, 0.29) is 17.3 Å². The van der Waals surface area contributed by atoms with E-state index in [0.717, 1.165) is 11.9 Å². The lowest BCUT2D eigenvalue weighted by Crippen LogP contribution is -2.21. The Labute approximate surface area is 110 Å². The molecule has 102 valence electrons. The molecule has 1 aromatic carbocycles. The Morgan fingerprint density at radius 3 is 2.63 bits per heavy atom. The molecule has 1 atom stereocenters. The van der Waals surface area contributed by atoms with E-state index in [1.54, 1.807) is 10.6 Å². The molecular weight excluding hydrogens is 244 g/mol. The number of nitrogens with zero attached hydrogens (tertiary/aromatic N) is 1. The van der Waals surface area contributed by atoms with E-state index >= 15 is 0 Å². The largest absolute Gasteiger partial charge is 0.478 e. The number of nitrogens with one attached hydrogen (secondary N) is 1. The van der Waals surface area contributed by atoms with Crippen LogP contribution in [0, 0.1) is 5.92 Å². The summed E-state index contributed by atoms with van der Waals surface area (Å²) in [5.41, 5.74) is 1.31. The molecule has 0 aliphatic heterocycles. The highest BCUT2D eigenvalue weighted by Crippen LogP contribution is 2.21. The second kappa shape index (κ2) is 4.91. The molecule has 0 fully saturated rings. The highest BCUT2D eigenvalue weighted by atomic mass is 16.4. The van der Waals surface area contributed by atoms with Gasteiger partial charge in [-0.25, -0.2) is 9.59 Å². The first kappa shape index (κ1) is 13.4. The van der Waals surface area contributed by atoms with Crippen molar-refractivity contribution < 1.29 is 9.90 Å². The molecule has 0 saturated carbocycles. The van der Waals surface area contributed by atoms with Crippen LogP contribution >= 0.6 is 0 Å². The van der Waals surface area contributed by atoms with Crippen LogP contribution in [-0.2, 0) is 0 Å². The normalized spacial score (nSPS) is 13.1. The third-order valence-electron chi connectivity index (χ3n) is 3.22. The number of rotatable bonds is 4. The predicted molar refractivity (Wildman–Crippen MR) is 73.7 cm³/mol. The molecule has 0 radical (unpaired) electrons. The fourth-order valence-corrected chi connectivity index (χ4v) is 2.49. The van der Waals surface area contributed by atoms with Crippen molar-refractivity contribution in [1.82, 2.24) is 9.55 Å². The molecule has 0 bridgehead atoms. The van der Waals surface area contributed by atoms with Crippen LogP contribution < -0.4 is 5.69 Å². The average molecular weight is 262 g/mol. The summed E-state index contributed by atoms with van der Waals surface area (Å²) in [6.45, 7) is 6.22. The van der Waals surface area contributed by atoms with Crippen LogP contribution in [0.5, 0.6) is 0 Å². The van der Waals surface area contributed by atoms with Gasteiger partial charge in [-0.2, -0.15) is 0 Å². The van der Waals surface area contributed by atoms with Crippen LogP contribution in [-0.4, -0.2) is 20.6 Å². The van der Waals surface area contributed by atoms with Gasteiger partial charge in [0.25, 0.3) is 0 Å². The van der Waals surface area contributed by atoms with Gasteiger partial charge in [0.1, 0.15) is 0 Å². The van der Waals surface area contributed by atoms with Gasteiger partial charge < -0.3 is 10.1 Å². The fourth-order valence-electron chi connectivity index (χ4n) is 2.49. The zero-order chi connectivity index (χ0) is 14.2. The van der Waals surface area contributed by atoms with Crippen molar-refractivity contribution in [2.75, 3.05) is 0 Å². The molecule has 2 rings (SSSR count). The zero-order valence-electron chi connectivity index (χ0n) is 11.3. The Morgan fingerprint density at radius 1 is 1.37 bits per heavy atom. The Kier molecular flexibility index (Phi) is 3.46. The highest BCUT2D eigenvalue weighted by molar-refractivity contribution is 5.92. The van der Waals surface area contributed by atoms with E-state index in [2.05, 4.69) is 18.8 Å². The van der Waals surface area contributed by atoms with Gasteiger partial charge in [-0.05, 0) is 37.5 Å². The molecule has 0 amide bonds. The van der Waals surface area contributed by atoms with Crippen molar-refractivity contribution in [3.05, 3.63) is 34.2 Å². The summed E-state index contributed by atoms with van der Waals surface area (Å²) in [7, 11) is 0. The maximum absolute atomic E-state index is 12.0. The van der Waals surface area contributed by atoms with Crippen LogP contribution in [0.2, 0.25) is 0 Å². The Hall–Kier alpha value is -2.04. The third-order valence-corrected chi connectivity index (χ3v) is 3.22. The lowest BCUT2D eigenvalue weighted by Gasteiger charge is -2.15. The molecule has 1 aromatic heterocycles. The van der Waals surface area contributed by atoms with E-state index in [4.69, 9.17) is 5.11 Å². The van der Waals surface area contributed by atoms with Crippen molar-refractivity contribution in [2.24, 2.45) is 5.92 Å². The van der Waals surface area contributed by atoms with Gasteiger partial charge in [-0.15, -0.1) is 0 Å². The highest BCUT2D eigenvalue weighted by Gasteiger charge is 2.15. The summed E-state index contributed by atoms with van der Waals surface area (Å²) >= 11 is 0. The minimum Gasteiger partial charge on any atom is -0.478 e. The van der Waals surface area contributed by atoms with Crippen LogP contribution in [0.4, 0.5) is 0 Å². The second-order valence-electron chi connectivity index (χ2n) is 5.32. The zero-order valence-corrected chi connectivity index (χ0v) is 11.3. The third kappa shape index (κ3) is 2.54. The van der Waals surface area contributed by atoms with Gasteiger partial charge >= 0.3 is 11.7 Å². The number of fused-ring (bicyclic) bond motifs is 1. The SMILES string of the molecule is CC(C)CC(C)n1c(=O)[nH]c2cc(C(=O)O)ccc21. The Bertz CT molecular complexity index is 667. The van der Waals surface area contributed by atoms with Crippen LogP contribution in [0.15, 0.2) is 23.0 Å². The lowest BCUT2D eigenvalue weighted by atomic mass is 10.0. The molecular formula is C14H18N2O3. The molecule has 5 nitrogen and oxygen atoms in total. The van der Waals surface area contributed by atoms with Crippen molar-refractivity contribution >= 4 is 17.0 Å². The van der Waals surface area contributed by atoms with E-state index in [9.17, 15) is 9.59 Å². The number of hydrogen-bond donors (Lipinski definition) is 2. The van der Waals surface area contributed by atoms with Crippen molar-refractivity contribution in [3.8, 4) is 0 Å². The number of carboxylic acid groups (broad SMARTS) is 1. The molecule has 0 spiro atoms. The van der Waals surface area contributed by atoms with Gasteiger partial charge in [0.05, 0.1) is 16.6 Å². The molecule has 2 aromatic rings. The number of carboxylic acids is 1. The summed E-state index contributed by atoms with van der Waals surface area (Å²) < 4.78 is 1.70. The fraction of sp³-hybridized carbons (Fsp3) is 0.429. The first-order valence-corrected chi connectivity index (χ1v) is 6.37. The molecule has 2 N–H and O–H groups in total. The maximum Gasteiger partial charge on any atom is 0.335 e. The van der Waals surface area contributed by atoms with Gasteiger partial charge in [-0.3, -0.25) is 4.57 Å².